The van der Waals surface area contributed by atoms with E-state index < -0.39 is 15.7 Å². The van der Waals surface area contributed by atoms with Crippen LogP contribution in [-0.2, 0) is 16.4 Å². The third-order valence-electron chi connectivity index (χ3n) is 4.80. The summed E-state index contributed by atoms with van der Waals surface area (Å²) >= 11 is 12.2. The van der Waals surface area contributed by atoms with Crippen LogP contribution in [0.15, 0.2) is 66.1 Å². The zero-order valence-corrected chi connectivity index (χ0v) is 19.6. The van der Waals surface area contributed by atoms with Crippen LogP contribution in [0.25, 0.3) is 10.9 Å². The number of aromatic nitrogens is 3. The normalized spacial score (nSPS) is 11.5. The lowest BCUT2D eigenvalue weighted by Crippen LogP contribution is -2.32. The number of halogens is 2. The van der Waals surface area contributed by atoms with Gasteiger partial charge in [0, 0.05) is 30.2 Å². The second kappa shape index (κ2) is 8.93. The zero-order chi connectivity index (χ0) is 23.8. The second-order valence-electron chi connectivity index (χ2n) is 7.27. The van der Waals surface area contributed by atoms with Crippen molar-refractivity contribution in [2.45, 2.75) is 11.6 Å². The van der Waals surface area contributed by atoms with Gasteiger partial charge in [0.25, 0.3) is 5.91 Å². The Morgan fingerprint density at radius 3 is 2.61 bits per heavy atom. The molecule has 0 bridgehead atoms. The molecule has 0 spiro atoms. The maximum Gasteiger partial charge on any atom is 0.260 e. The molecule has 4 rings (SSSR count). The van der Waals surface area contributed by atoms with E-state index in [-0.39, 0.29) is 33.7 Å². The molecule has 4 aromatic rings. The molecule has 11 heteroatoms. The highest BCUT2D eigenvalue weighted by molar-refractivity contribution is 7.90. The minimum atomic E-state index is -3.77. The molecule has 2 N–H and O–H groups in total. The Morgan fingerprint density at radius 1 is 1.12 bits per heavy atom. The molecule has 0 atom stereocenters. The van der Waals surface area contributed by atoms with Gasteiger partial charge in [-0.2, -0.15) is 0 Å². The Balaban J connectivity index is 1.86. The fourth-order valence-electron chi connectivity index (χ4n) is 3.29. The molecule has 0 unspecified atom stereocenters. The van der Waals surface area contributed by atoms with Gasteiger partial charge in [0.2, 0.25) is 0 Å². The predicted molar refractivity (Wildman–Crippen MR) is 128 cm³/mol. The van der Waals surface area contributed by atoms with Gasteiger partial charge in [-0.15, -0.1) is 0 Å². The quantitative estimate of drug-likeness (QED) is 0.435. The Bertz CT molecular complexity index is 1480. The van der Waals surface area contributed by atoms with Gasteiger partial charge in [0.1, 0.15) is 5.82 Å². The summed E-state index contributed by atoms with van der Waals surface area (Å²) in [7, 11) is -3.77. The molecule has 1 amide bonds. The fraction of sp³-hybridized carbons (Fsp3) is 0.0909. The summed E-state index contributed by atoms with van der Waals surface area (Å²) < 4.78 is 24.9. The molecule has 3 heterocycles. The van der Waals surface area contributed by atoms with Crippen molar-refractivity contribution >= 4 is 61.4 Å². The van der Waals surface area contributed by atoms with Crippen LogP contribution in [0.1, 0.15) is 15.9 Å². The minimum Gasteiger partial charge on any atom is -0.382 e. The molecule has 1 aromatic carbocycles. The number of hydrogen-bond acceptors (Lipinski definition) is 7. The number of nitrogen functional groups attached to an aromatic ring is 1. The first-order chi connectivity index (χ1) is 15.6. The number of nitrogens with two attached hydrogens (primary N) is 1. The first kappa shape index (κ1) is 22.9. The second-order valence-corrected chi connectivity index (χ2v) is 10.0. The molecule has 3 aromatic heterocycles. The summed E-state index contributed by atoms with van der Waals surface area (Å²) in [5.41, 5.74) is 7.41. The van der Waals surface area contributed by atoms with Crippen LogP contribution >= 0.6 is 23.2 Å². The summed E-state index contributed by atoms with van der Waals surface area (Å²) in [5, 5.41) is 1.03. The lowest BCUT2D eigenvalue weighted by molar-refractivity contribution is 0.0984. The van der Waals surface area contributed by atoms with E-state index in [9.17, 15) is 13.2 Å². The van der Waals surface area contributed by atoms with E-state index in [4.69, 9.17) is 28.9 Å². The van der Waals surface area contributed by atoms with Crippen molar-refractivity contribution < 1.29 is 13.2 Å². The van der Waals surface area contributed by atoms with Crippen LogP contribution < -0.4 is 10.6 Å². The van der Waals surface area contributed by atoms with Gasteiger partial charge in [0.05, 0.1) is 33.4 Å². The van der Waals surface area contributed by atoms with Gasteiger partial charge in [-0.25, -0.2) is 18.4 Å². The summed E-state index contributed by atoms with van der Waals surface area (Å²) in [5.74, 6) is -0.288. The first-order valence-electron chi connectivity index (χ1n) is 9.55. The molecule has 8 nitrogen and oxygen atoms in total. The lowest BCUT2D eigenvalue weighted by Gasteiger charge is -2.25. The molecular formula is C22H17Cl2N5O3S. The standard InChI is InChI=1S/C22H17Cl2N5O3S/c1-33(31,32)21-19(9-16(23)11-27-21)29(22(30)15-3-2-6-26-10-15)12-13-4-5-14-8-17(24)20(25)28-18(14)7-13/h2-11H,12H2,1H3,(H2,25,28). The van der Waals surface area contributed by atoms with Crippen molar-refractivity contribution in [3.8, 4) is 0 Å². The number of benzene rings is 1. The Morgan fingerprint density at radius 2 is 1.91 bits per heavy atom. The zero-order valence-electron chi connectivity index (χ0n) is 17.2. The van der Waals surface area contributed by atoms with Crippen LogP contribution in [0.2, 0.25) is 10.0 Å². The van der Waals surface area contributed by atoms with Gasteiger partial charge in [0.15, 0.2) is 14.9 Å². The van der Waals surface area contributed by atoms with Gasteiger partial charge in [-0.1, -0.05) is 35.3 Å². The van der Waals surface area contributed by atoms with Gasteiger partial charge in [-0.3, -0.25) is 9.78 Å². The van der Waals surface area contributed by atoms with E-state index in [1.165, 1.54) is 29.6 Å². The molecular weight excluding hydrogens is 485 g/mol. The number of carbonyl (C=O) groups is 1. The van der Waals surface area contributed by atoms with Crippen LogP contribution in [0, 0.1) is 0 Å². The molecule has 0 aliphatic carbocycles. The first-order valence-corrected chi connectivity index (χ1v) is 12.2. The van der Waals surface area contributed by atoms with Crippen LogP contribution in [0.3, 0.4) is 0 Å². The van der Waals surface area contributed by atoms with Gasteiger partial charge >= 0.3 is 0 Å². The van der Waals surface area contributed by atoms with E-state index >= 15 is 0 Å². The van der Waals surface area contributed by atoms with Crippen molar-refractivity contribution in [2.24, 2.45) is 0 Å². The molecule has 0 fully saturated rings. The van der Waals surface area contributed by atoms with Crippen molar-refractivity contribution in [3.63, 3.8) is 0 Å². The number of carbonyl (C=O) groups excluding carboxylic acids is 1. The number of pyridine rings is 3. The maximum atomic E-state index is 13.5. The molecule has 0 aliphatic rings. The topological polar surface area (TPSA) is 119 Å². The predicted octanol–water partition coefficient (Wildman–Crippen LogP) is 4.16. The highest BCUT2D eigenvalue weighted by atomic mass is 35.5. The summed E-state index contributed by atoms with van der Waals surface area (Å²) in [6, 6.07) is 11.6. The van der Waals surface area contributed by atoms with Crippen LogP contribution in [0.5, 0.6) is 0 Å². The average molecular weight is 502 g/mol. The SMILES string of the molecule is CS(=O)(=O)c1ncc(Cl)cc1N(Cc1ccc2cc(Cl)c(N)nc2c1)C(=O)c1cccnc1. The molecule has 0 saturated heterocycles. The summed E-state index contributed by atoms with van der Waals surface area (Å²) in [4.78, 5) is 27.0. The Kier molecular flexibility index (Phi) is 6.20. The molecule has 33 heavy (non-hydrogen) atoms. The summed E-state index contributed by atoms with van der Waals surface area (Å²) in [6.07, 6.45) is 5.18. The third-order valence-corrected chi connectivity index (χ3v) is 6.32. The largest absolute Gasteiger partial charge is 0.382 e. The molecule has 0 aliphatic heterocycles. The number of nitrogens with zero attached hydrogens (tertiary/aromatic N) is 4. The van der Waals surface area contributed by atoms with Crippen molar-refractivity contribution in [3.05, 3.63) is 82.2 Å². The monoisotopic (exact) mass is 501 g/mol. The van der Waals surface area contributed by atoms with Crippen LogP contribution in [-0.4, -0.2) is 35.5 Å². The van der Waals surface area contributed by atoms with Crippen molar-refractivity contribution in [1.29, 1.82) is 0 Å². The minimum absolute atomic E-state index is 0.0123. The van der Waals surface area contributed by atoms with Gasteiger partial charge < -0.3 is 10.6 Å². The van der Waals surface area contributed by atoms with E-state index in [1.54, 1.807) is 36.4 Å². The number of amides is 1. The molecule has 0 radical (unpaired) electrons. The molecule has 0 saturated carbocycles. The van der Waals surface area contributed by atoms with Crippen molar-refractivity contribution in [2.75, 3.05) is 16.9 Å². The molecule has 168 valence electrons. The van der Waals surface area contributed by atoms with E-state index in [0.717, 1.165) is 11.6 Å². The number of sulfone groups is 1. The number of anilines is 2. The fourth-order valence-corrected chi connectivity index (χ4v) is 4.39. The van der Waals surface area contributed by atoms with E-state index in [1.807, 2.05) is 0 Å². The van der Waals surface area contributed by atoms with Gasteiger partial charge in [-0.05, 0) is 35.9 Å². The summed E-state index contributed by atoms with van der Waals surface area (Å²) in [6.45, 7) is 0.0123. The van der Waals surface area contributed by atoms with Crippen molar-refractivity contribution in [1.82, 2.24) is 15.0 Å². The lowest BCUT2D eigenvalue weighted by atomic mass is 10.1. The Hall–Kier alpha value is -3.27. The van der Waals surface area contributed by atoms with Crippen LogP contribution in [0.4, 0.5) is 11.5 Å². The highest BCUT2D eigenvalue weighted by Crippen LogP contribution is 2.30. The smallest absolute Gasteiger partial charge is 0.260 e. The van der Waals surface area contributed by atoms with E-state index in [2.05, 4.69) is 15.0 Å². The Labute approximate surface area is 199 Å². The number of hydrogen-bond donors (Lipinski definition) is 1. The number of fused-ring (bicyclic) bond motifs is 1. The maximum absolute atomic E-state index is 13.5. The highest BCUT2D eigenvalue weighted by Gasteiger charge is 2.26. The number of rotatable bonds is 5. The average Bonchev–Trinajstić information content (AvgIpc) is 2.77. The van der Waals surface area contributed by atoms with E-state index in [0.29, 0.717) is 16.1 Å². The third kappa shape index (κ3) is 4.90.